The summed E-state index contributed by atoms with van der Waals surface area (Å²) in [6.45, 7) is 6.04. The number of carboxylic acid groups (broad SMARTS) is 1. The lowest BCUT2D eigenvalue weighted by Crippen LogP contribution is -2.46. The third-order valence-electron chi connectivity index (χ3n) is 6.48. The summed E-state index contributed by atoms with van der Waals surface area (Å²) in [7, 11) is 0. The smallest absolute Gasteiger partial charge is 0.480 e. The van der Waals surface area contributed by atoms with E-state index in [2.05, 4.69) is 17.0 Å². The Bertz CT molecular complexity index is 1110. The number of aliphatic carboxylic acids is 1. The molecule has 0 bridgehead atoms. The van der Waals surface area contributed by atoms with Crippen molar-refractivity contribution in [3.63, 3.8) is 0 Å². The highest BCUT2D eigenvalue weighted by Gasteiger charge is 2.33. The van der Waals surface area contributed by atoms with Crippen LogP contribution in [0.2, 0.25) is 0 Å². The number of amides is 2. The average Bonchev–Trinajstić information content (AvgIpc) is 3.21. The Balaban J connectivity index is 1.70. The van der Waals surface area contributed by atoms with E-state index in [0.29, 0.717) is 25.1 Å². The number of nitrogens with one attached hydrogen (secondary N) is 1. The van der Waals surface area contributed by atoms with Gasteiger partial charge in [0.25, 0.3) is 0 Å². The lowest BCUT2D eigenvalue weighted by molar-refractivity contribution is -0.306. The number of carbonyl (C=O) groups is 2. The first-order valence-corrected chi connectivity index (χ1v) is 13.6. The number of nitrogens with zero attached hydrogens (tertiary/aromatic N) is 1. The average molecular weight is 553 g/mol. The third kappa shape index (κ3) is 8.58. The monoisotopic (exact) mass is 552 g/mol. The van der Waals surface area contributed by atoms with E-state index in [9.17, 15) is 27.9 Å². The maximum atomic E-state index is 13.4. The number of fused-ring (bicyclic) bond motifs is 1. The molecule has 208 valence electrons. The molecular weight excluding hydrogens is 517 g/mol. The van der Waals surface area contributed by atoms with E-state index in [1.54, 1.807) is 26.0 Å². The number of benzene rings is 1. The molecule has 2 aliphatic carbocycles. The molecule has 1 unspecified atom stereocenters. The largest absolute Gasteiger partial charge is 0.572 e. The molecule has 0 radical (unpaired) electrons. The number of urea groups is 1. The van der Waals surface area contributed by atoms with Gasteiger partial charge in [0.1, 0.15) is 10.5 Å². The molecular formula is C28H35F3N2O4S. The highest BCUT2D eigenvalue weighted by atomic mass is 32.2. The Kier molecular flexibility index (Phi) is 9.98. The van der Waals surface area contributed by atoms with Crippen LogP contribution >= 0.6 is 11.8 Å². The Hall–Kier alpha value is -2.88. The minimum atomic E-state index is -4.73. The number of thioether (sulfide) groups is 1. The van der Waals surface area contributed by atoms with Crippen molar-refractivity contribution in [1.29, 1.82) is 0 Å². The molecule has 0 aromatic heterocycles. The van der Waals surface area contributed by atoms with Crippen LogP contribution < -0.4 is 5.32 Å². The van der Waals surface area contributed by atoms with Gasteiger partial charge >= 0.3 is 18.4 Å². The molecule has 38 heavy (non-hydrogen) atoms. The highest BCUT2D eigenvalue weighted by molar-refractivity contribution is 8.01. The molecule has 0 saturated heterocycles. The Labute approximate surface area is 226 Å². The normalized spacial score (nSPS) is 20.3. The summed E-state index contributed by atoms with van der Waals surface area (Å²) in [5.41, 5.74) is 2.79. The zero-order valence-electron chi connectivity index (χ0n) is 21.9. The van der Waals surface area contributed by atoms with Crippen LogP contribution in [0, 0.1) is 0 Å². The van der Waals surface area contributed by atoms with Crippen molar-refractivity contribution in [3.8, 4) is 0 Å². The van der Waals surface area contributed by atoms with E-state index < -0.39 is 17.1 Å². The number of unbranched alkanes of at least 4 members (excludes halogenated alkanes) is 2. The van der Waals surface area contributed by atoms with Crippen LogP contribution in [-0.2, 0) is 22.4 Å². The van der Waals surface area contributed by atoms with Gasteiger partial charge in [-0.15, -0.1) is 24.9 Å². The highest BCUT2D eigenvalue weighted by Crippen LogP contribution is 2.36. The summed E-state index contributed by atoms with van der Waals surface area (Å²) in [5.74, 6) is -1.05. The van der Waals surface area contributed by atoms with Crippen molar-refractivity contribution in [2.45, 2.75) is 87.8 Å². The van der Waals surface area contributed by atoms with Gasteiger partial charge in [0, 0.05) is 29.6 Å². The van der Waals surface area contributed by atoms with Crippen molar-refractivity contribution in [2.75, 3.05) is 6.54 Å². The van der Waals surface area contributed by atoms with Crippen molar-refractivity contribution in [3.05, 3.63) is 65.1 Å². The van der Waals surface area contributed by atoms with Crippen molar-refractivity contribution in [2.24, 2.45) is 0 Å². The lowest BCUT2D eigenvalue weighted by atomic mass is 10.1. The molecule has 0 spiro atoms. The van der Waals surface area contributed by atoms with Gasteiger partial charge in [0.2, 0.25) is 0 Å². The number of hydrogen-bond acceptors (Lipinski definition) is 4. The molecule has 2 N–H and O–H groups in total. The van der Waals surface area contributed by atoms with Gasteiger partial charge in [-0.3, -0.25) is 4.79 Å². The predicted molar refractivity (Wildman–Crippen MR) is 142 cm³/mol. The van der Waals surface area contributed by atoms with Crippen LogP contribution in [-0.4, -0.2) is 45.7 Å². The first kappa shape index (κ1) is 29.7. The summed E-state index contributed by atoms with van der Waals surface area (Å²) in [6.07, 6.45) is 5.85. The van der Waals surface area contributed by atoms with Gasteiger partial charge in [-0.1, -0.05) is 38.0 Å². The van der Waals surface area contributed by atoms with Crippen LogP contribution in [0.4, 0.5) is 18.0 Å². The molecule has 0 heterocycles. The lowest BCUT2D eigenvalue weighted by Gasteiger charge is -2.29. The molecule has 0 fully saturated rings. The third-order valence-corrected chi connectivity index (χ3v) is 7.65. The van der Waals surface area contributed by atoms with E-state index in [1.807, 2.05) is 23.1 Å². The topological polar surface area (TPSA) is 78.9 Å². The number of carbonyl (C=O) groups excluding carboxylic acids is 1. The van der Waals surface area contributed by atoms with Crippen LogP contribution in [0.3, 0.4) is 0 Å². The van der Waals surface area contributed by atoms with Crippen LogP contribution in [0.25, 0.3) is 0 Å². The standard InChI is InChI=1S/C28H35F3N2O4S/c1-4-5-6-15-33(26(36)32-21-9-7-11-23(12-8-10-21)37-28(29,30)31)22-16-19-13-14-24(18-20(19)17-22)38-27(2,3)25(34)35/h7,9-10,12-14,18,22H,4-6,8,11,15-17H2,1-3H3,(H,32,36)(H,34,35)/b9-7?,21-10+,23-12+. The second-order valence-electron chi connectivity index (χ2n) is 9.96. The van der Waals surface area contributed by atoms with Crippen LogP contribution in [0.1, 0.15) is 64.0 Å². The van der Waals surface area contributed by atoms with Gasteiger partial charge in [0.15, 0.2) is 0 Å². The quantitative estimate of drug-likeness (QED) is 0.242. The number of halogens is 3. The Morgan fingerprint density at radius 3 is 2.58 bits per heavy atom. The van der Waals surface area contributed by atoms with E-state index >= 15 is 0 Å². The van der Waals surface area contributed by atoms with Crippen LogP contribution in [0.5, 0.6) is 0 Å². The second kappa shape index (κ2) is 12.8. The van der Waals surface area contributed by atoms with Gasteiger partial charge in [-0.2, -0.15) is 0 Å². The molecule has 3 rings (SSSR count). The summed E-state index contributed by atoms with van der Waals surface area (Å²) >= 11 is 1.30. The van der Waals surface area contributed by atoms with Gasteiger partial charge in [-0.05, 0) is 74.9 Å². The fourth-order valence-corrected chi connectivity index (χ4v) is 5.48. The Morgan fingerprint density at radius 2 is 1.89 bits per heavy atom. The predicted octanol–water partition coefficient (Wildman–Crippen LogP) is 6.97. The first-order valence-electron chi connectivity index (χ1n) is 12.8. The minimum Gasteiger partial charge on any atom is -0.480 e. The number of allylic oxidation sites excluding steroid dienone is 4. The maximum Gasteiger partial charge on any atom is 0.572 e. The summed E-state index contributed by atoms with van der Waals surface area (Å²) < 4.78 is 40.6. The molecule has 1 aromatic rings. The van der Waals surface area contributed by atoms with Gasteiger partial charge in [0.05, 0.1) is 0 Å². The van der Waals surface area contributed by atoms with Crippen LogP contribution in [0.15, 0.2) is 58.9 Å². The molecule has 0 saturated carbocycles. The number of hydrogen-bond donors (Lipinski definition) is 2. The number of alkyl halides is 3. The van der Waals surface area contributed by atoms with E-state index in [4.69, 9.17) is 0 Å². The number of ether oxygens (including phenoxy) is 1. The Morgan fingerprint density at radius 1 is 1.16 bits per heavy atom. The molecule has 2 amide bonds. The molecule has 1 atom stereocenters. The summed E-state index contributed by atoms with van der Waals surface area (Å²) in [5, 5.41) is 12.4. The van der Waals surface area contributed by atoms with Crippen molar-refractivity contribution < 1.29 is 32.6 Å². The first-order chi connectivity index (χ1) is 17.9. The second-order valence-corrected chi connectivity index (χ2v) is 11.7. The molecule has 6 nitrogen and oxygen atoms in total. The van der Waals surface area contributed by atoms with Crippen molar-refractivity contribution >= 4 is 23.8 Å². The minimum absolute atomic E-state index is 0.0239. The zero-order chi connectivity index (χ0) is 27.9. The van der Waals surface area contributed by atoms with E-state index in [1.165, 1.54) is 23.9 Å². The summed E-state index contributed by atoms with van der Waals surface area (Å²) in [4.78, 5) is 27.7. The van der Waals surface area contributed by atoms with Gasteiger partial charge < -0.3 is 20.1 Å². The molecule has 0 aliphatic heterocycles. The van der Waals surface area contributed by atoms with E-state index in [-0.39, 0.29) is 30.7 Å². The molecule has 2 aliphatic rings. The van der Waals surface area contributed by atoms with E-state index in [0.717, 1.165) is 35.3 Å². The SMILES string of the molecule is CCCCCN(C(=O)N/C1=C/C/C=C(/OC(F)(F)F)CC=C1)C1Cc2ccc(SC(C)(C)C(=O)O)cc2C1. The van der Waals surface area contributed by atoms with Gasteiger partial charge in [-0.25, -0.2) is 4.79 Å². The zero-order valence-corrected chi connectivity index (χ0v) is 22.8. The molecule has 1 aromatic carbocycles. The number of carboxylic acids is 1. The maximum absolute atomic E-state index is 13.4. The number of rotatable bonds is 10. The van der Waals surface area contributed by atoms with Crippen molar-refractivity contribution in [1.82, 2.24) is 10.2 Å². The summed E-state index contributed by atoms with van der Waals surface area (Å²) in [6, 6.07) is 5.70. The molecule has 10 heteroatoms. The fraction of sp³-hybridized carbons (Fsp3) is 0.500. The fourth-order valence-electron chi connectivity index (χ4n) is 4.47.